The van der Waals surface area contributed by atoms with E-state index in [4.69, 9.17) is 4.74 Å². The lowest BCUT2D eigenvalue weighted by Gasteiger charge is -2.28. The van der Waals surface area contributed by atoms with Crippen molar-refractivity contribution < 1.29 is 9.13 Å². The van der Waals surface area contributed by atoms with Crippen molar-refractivity contribution in [3.63, 3.8) is 0 Å². The van der Waals surface area contributed by atoms with Crippen molar-refractivity contribution >= 4 is 0 Å². The van der Waals surface area contributed by atoms with Gasteiger partial charge in [0.05, 0.1) is 0 Å². The van der Waals surface area contributed by atoms with Crippen molar-refractivity contribution in [2.24, 2.45) is 5.92 Å². The van der Waals surface area contributed by atoms with E-state index in [-0.39, 0.29) is 5.82 Å². The molecule has 1 N–H and O–H groups in total. The molecule has 100 valence electrons. The lowest BCUT2D eigenvalue weighted by atomic mass is 9.93. The molecular weight excluding hydrogens is 229 g/mol. The molecule has 1 aromatic rings. The maximum atomic E-state index is 13.6. The molecule has 1 fully saturated rings. The highest BCUT2D eigenvalue weighted by Crippen LogP contribution is 2.19. The molecule has 0 aliphatic carbocycles. The van der Waals surface area contributed by atoms with Crippen LogP contribution in [0.4, 0.5) is 4.39 Å². The maximum Gasteiger partial charge on any atom is 0.127 e. The Balaban J connectivity index is 1.88. The average molecular weight is 251 g/mol. The second-order valence-electron chi connectivity index (χ2n) is 5.21. The Morgan fingerprint density at radius 1 is 1.39 bits per heavy atom. The van der Waals surface area contributed by atoms with E-state index in [0.29, 0.717) is 18.5 Å². The molecular formula is C15H22FNO. The van der Waals surface area contributed by atoms with Crippen LogP contribution in [0.1, 0.15) is 30.9 Å². The maximum absolute atomic E-state index is 13.6. The second-order valence-corrected chi connectivity index (χ2v) is 5.21. The van der Waals surface area contributed by atoms with Gasteiger partial charge in [-0.25, -0.2) is 4.39 Å². The molecule has 0 radical (unpaired) electrons. The third kappa shape index (κ3) is 3.53. The van der Waals surface area contributed by atoms with E-state index in [2.05, 4.69) is 12.2 Å². The van der Waals surface area contributed by atoms with E-state index in [9.17, 15) is 4.39 Å². The van der Waals surface area contributed by atoms with Gasteiger partial charge in [0, 0.05) is 31.4 Å². The van der Waals surface area contributed by atoms with Gasteiger partial charge < -0.3 is 10.1 Å². The number of nitrogens with one attached hydrogen (secondary N) is 1. The average Bonchev–Trinajstić information content (AvgIpc) is 2.40. The van der Waals surface area contributed by atoms with Crippen molar-refractivity contribution in [2.45, 2.75) is 39.3 Å². The molecule has 1 aliphatic rings. The summed E-state index contributed by atoms with van der Waals surface area (Å²) in [5.74, 6) is 0.527. The number of hydrogen-bond donors (Lipinski definition) is 1. The Morgan fingerprint density at radius 3 is 2.83 bits per heavy atom. The van der Waals surface area contributed by atoms with Crippen molar-refractivity contribution in [1.29, 1.82) is 0 Å². The molecule has 0 amide bonds. The summed E-state index contributed by atoms with van der Waals surface area (Å²) in [6.07, 6.45) is 2.20. The highest BCUT2D eigenvalue weighted by molar-refractivity contribution is 5.23. The van der Waals surface area contributed by atoms with Crippen LogP contribution in [0, 0.1) is 18.7 Å². The van der Waals surface area contributed by atoms with Crippen LogP contribution in [0.25, 0.3) is 0 Å². The smallest absolute Gasteiger partial charge is 0.127 e. The number of hydrogen-bond acceptors (Lipinski definition) is 2. The van der Waals surface area contributed by atoms with Crippen LogP contribution in [0.15, 0.2) is 18.2 Å². The topological polar surface area (TPSA) is 21.3 Å². The fourth-order valence-corrected chi connectivity index (χ4v) is 2.49. The summed E-state index contributed by atoms with van der Waals surface area (Å²) in [5.41, 5.74) is 1.86. The van der Waals surface area contributed by atoms with Gasteiger partial charge in [0.2, 0.25) is 0 Å². The van der Waals surface area contributed by atoms with Crippen molar-refractivity contribution in [3.8, 4) is 0 Å². The molecule has 0 spiro atoms. The van der Waals surface area contributed by atoms with Gasteiger partial charge in [0.1, 0.15) is 5.82 Å². The summed E-state index contributed by atoms with van der Waals surface area (Å²) in [6.45, 7) is 6.49. The Labute approximate surface area is 109 Å². The zero-order valence-corrected chi connectivity index (χ0v) is 11.2. The summed E-state index contributed by atoms with van der Waals surface area (Å²) in [6, 6.07) is 5.68. The van der Waals surface area contributed by atoms with Crippen molar-refractivity contribution in [2.75, 3.05) is 13.2 Å². The van der Waals surface area contributed by atoms with Gasteiger partial charge in [0.15, 0.2) is 0 Å². The molecule has 1 unspecified atom stereocenters. The number of aryl methyl sites for hydroxylation is 1. The second kappa shape index (κ2) is 6.30. The quantitative estimate of drug-likeness (QED) is 0.888. The monoisotopic (exact) mass is 251 g/mol. The fraction of sp³-hybridized carbons (Fsp3) is 0.600. The predicted molar refractivity (Wildman–Crippen MR) is 71.0 cm³/mol. The largest absolute Gasteiger partial charge is 0.381 e. The number of ether oxygens (including phenoxy) is 1. The molecule has 1 atom stereocenters. The number of rotatable bonds is 4. The van der Waals surface area contributed by atoms with Gasteiger partial charge in [-0.15, -0.1) is 0 Å². The molecule has 2 nitrogen and oxygen atoms in total. The van der Waals surface area contributed by atoms with Gasteiger partial charge >= 0.3 is 0 Å². The minimum Gasteiger partial charge on any atom is -0.381 e. The SMILES string of the molecule is Cc1ccc(F)c(CNC(C)C2CCOCC2)c1. The normalized spacial score (nSPS) is 18.8. The Hall–Kier alpha value is -0.930. The minimum absolute atomic E-state index is 0.118. The molecule has 0 aromatic heterocycles. The molecule has 3 heteroatoms. The van der Waals surface area contributed by atoms with Crippen LogP contribution >= 0.6 is 0 Å². The summed E-state index contributed by atoms with van der Waals surface area (Å²) >= 11 is 0. The van der Waals surface area contributed by atoms with Gasteiger partial charge in [-0.05, 0) is 38.7 Å². The molecule has 2 rings (SSSR count). The van der Waals surface area contributed by atoms with E-state index in [1.54, 1.807) is 12.1 Å². The lowest BCUT2D eigenvalue weighted by molar-refractivity contribution is 0.0557. The van der Waals surface area contributed by atoms with Gasteiger partial charge in [0.25, 0.3) is 0 Å². The van der Waals surface area contributed by atoms with E-state index < -0.39 is 0 Å². The third-order valence-electron chi connectivity index (χ3n) is 3.79. The van der Waals surface area contributed by atoms with Crippen molar-refractivity contribution in [3.05, 3.63) is 35.1 Å². The summed E-state index contributed by atoms with van der Waals surface area (Å²) in [7, 11) is 0. The third-order valence-corrected chi connectivity index (χ3v) is 3.79. The number of benzene rings is 1. The summed E-state index contributed by atoms with van der Waals surface area (Å²) < 4.78 is 19.0. The van der Waals surface area contributed by atoms with Crippen LogP contribution in [0.2, 0.25) is 0 Å². The van der Waals surface area contributed by atoms with Crippen molar-refractivity contribution in [1.82, 2.24) is 5.32 Å². The highest BCUT2D eigenvalue weighted by Gasteiger charge is 2.20. The molecule has 18 heavy (non-hydrogen) atoms. The Kier molecular flexibility index (Phi) is 4.72. The molecule has 0 saturated carbocycles. The van der Waals surface area contributed by atoms with E-state index in [1.807, 2.05) is 13.0 Å². The zero-order valence-electron chi connectivity index (χ0n) is 11.2. The highest BCUT2D eigenvalue weighted by atomic mass is 19.1. The van der Waals surface area contributed by atoms with E-state index in [0.717, 1.165) is 37.2 Å². The van der Waals surface area contributed by atoms with Crippen LogP contribution in [0.5, 0.6) is 0 Å². The first-order valence-electron chi connectivity index (χ1n) is 6.73. The summed E-state index contributed by atoms with van der Waals surface area (Å²) in [5, 5.41) is 3.44. The fourth-order valence-electron chi connectivity index (χ4n) is 2.49. The Morgan fingerprint density at radius 2 is 2.11 bits per heavy atom. The van der Waals surface area contributed by atoms with Crippen LogP contribution < -0.4 is 5.32 Å². The first-order chi connectivity index (χ1) is 8.66. The van der Waals surface area contributed by atoms with Crippen LogP contribution in [-0.4, -0.2) is 19.3 Å². The molecule has 1 aromatic carbocycles. The van der Waals surface area contributed by atoms with Gasteiger partial charge in [-0.2, -0.15) is 0 Å². The number of halogens is 1. The first-order valence-corrected chi connectivity index (χ1v) is 6.73. The lowest BCUT2D eigenvalue weighted by Crippen LogP contribution is -2.36. The van der Waals surface area contributed by atoms with Gasteiger partial charge in [-0.3, -0.25) is 0 Å². The standard InChI is InChI=1S/C15H22FNO/c1-11-3-4-15(16)14(9-11)10-17-12(2)13-5-7-18-8-6-13/h3-4,9,12-13,17H,5-8,10H2,1-2H3. The molecule has 1 heterocycles. The molecule has 1 aliphatic heterocycles. The zero-order chi connectivity index (χ0) is 13.0. The van der Waals surface area contributed by atoms with Gasteiger partial charge in [-0.1, -0.05) is 17.7 Å². The van der Waals surface area contributed by atoms with Crippen LogP contribution in [0.3, 0.4) is 0 Å². The van der Waals surface area contributed by atoms with Crippen LogP contribution in [-0.2, 0) is 11.3 Å². The minimum atomic E-state index is -0.118. The first kappa shape index (κ1) is 13.5. The van der Waals surface area contributed by atoms with E-state index in [1.165, 1.54) is 0 Å². The molecule has 0 bridgehead atoms. The predicted octanol–water partition coefficient (Wildman–Crippen LogP) is 3.04. The Bertz CT molecular complexity index is 388. The van der Waals surface area contributed by atoms with E-state index >= 15 is 0 Å². The summed E-state index contributed by atoms with van der Waals surface area (Å²) in [4.78, 5) is 0. The molecule has 1 saturated heterocycles.